The van der Waals surface area contributed by atoms with Crippen LogP contribution in [-0.2, 0) is 6.61 Å². The standard InChI is InChI=1S/C26H23F2NO7/c1-16-4-8-20(29(31)32)24(12-16)35-15-19-13-17(6-10-22(19)33-2)5-9-21(30)18-7-11-23(36-26(27)28)25(14-18)34-3/h4-14,26H,15H2,1-3H3/b9-5+. The molecule has 3 aromatic carbocycles. The number of hydrogen-bond donors (Lipinski definition) is 0. The Balaban J connectivity index is 1.79. The van der Waals surface area contributed by atoms with E-state index in [0.717, 1.165) is 5.56 Å². The number of benzene rings is 3. The van der Waals surface area contributed by atoms with Crippen molar-refractivity contribution in [1.82, 2.24) is 0 Å². The third-order valence-corrected chi connectivity index (χ3v) is 5.09. The Morgan fingerprint density at radius 3 is 2.36 bits per heavy atom. The predicted molar refractivity (Wildman–Crippen MR) is 128 cm³/mol. The third-order valence-electron chi connectivity index (χ3n) is 5.09. The minimum atomic E-state index is -3.02. The molecule has 0 aromatic heterocycles. The first kappa shape index (κ1) is 26.1. The van der Waals surface area contributed by atoms with Crippen LogP contribution in [0.25, 0.3) is 6.08 Å². The Hall–Kier alpha value is -4.47. The van der Waals surface area contributed by atoms with E-state index in [0.29, 0.717) is 16.9 Å². The van der Waals surface area contributed by atoms with Crippen LogP contribution in [0.4, 0.5) is 14.5 Å². The van der Waals surface area contributed by atoms with E-state index in [1.807, 2.05) is 0 Å². The first-order chi connectivity index (χ1) is 17.2. The lowest BCUT2D eigenvalue weighted by Gasteiger charge is -2.12. The molecule has 8 nitrogen and oxygen atoms in total. The molecule has 36 heavy (non-hydrogen) atoms. The third kappa shape index (κ3) is 6.56. The zero-order valence-electron chi connectivity index (χ0n) is 19.7. The number of hydrogen-bond acceptors (Lipinski definition) is 7. The van der Waals surface area contributed by atoms with Gasteiger partial charge in [0.1, 0.15) is 12.4 Å². The van der Waals surface area contributed by atoms with Gasteiger partial charge in [-0.2, -0.15) is 8.78 Å². The van der Waals surface area contributed by atoms with Crippen molar-refractivity contribution >= 4 is 17.5 Å². The van der Waals surface area contributed by atoms with E-state index >= 15 is 0 Å². The summed E-state index contributed by atoms with van der Waals surface area (Å²) in [7, 11) is 2.77. The van der Waals surface area contributed by atoms with Gasteiger partial charge in [-0.25, -0.2) is 0 Å². The normalized spacial score (nSPS) is 10.9. The van der Waals surface area contributed by atoms with Crippen LogP contribution < -0.4 is 18.9 Å². The molecule has 0 radical (unpaired) electrons. The van der Waals surface area contributed by atoms with Gasteiger partial charge in [0, 0.05) is 17.2 Å². The summed E-state index contributed by atoms with van der Waals surface area (Å²) in [5, 5.41) is 11.3. The van der Waals surface area contributed by atoms with E-state index in [4.69, 9.17) is 14.2 Å². The lowest BCUT2D eigenvalue weighted by Crippen LogP contribution is -2.04. The van der Waals surface area contributed by atoms with Gasteiger partial charge in [-0.05, 0) is 60.5 Å². The van der Waals surface area contributed by atoms with Crippen molar-refractivity contribution in [2.45, 2.75) is 20.1 Å². The molecule has 0 aliphatic heterocycles. The highest BCUT2D eigenvalue weighted by Gasteiger charge is 2.16. The number of allylic oxidation sites excluding steroid dienone is 1. The number of methoxy groups -OCH3 is 2. The molecule has 10 heteroatoms. The van der Waals surface area contributed by atoms with Gasteiger partial charge in [-0.1, -0.05) is 18.2 Å². The predicted octanol–water partition coefficient (Wildman–Crippen LogP) is 6.00. The molecule has 3 rings (SSSR count). The van der Waals surface area contributed by atoms with Crippen LogP contribution in [0.1, 0.15) is 27.0 Å². The molecular formula is C26H23F2NO7. The van der Waals surface area contributed by atoms with Gasteiger partial charge < -0.3 is 18.9 Å². The Labute approximate surface area is 205 Å². The van der Waals surface area contributed by atoms with E-state index in [2.05, 4.69) is 4.74 Å². The molecule has 0 fully saturated rings. The van der Waals surface area contributed by atoms with Gasteiger partial charge in [0.05, 0.1) is 19.1 Å². The SMILES string of the molecule is COc1ccc(/C=C/C(=O)c2ccc(OC(F)F)c(OC)c2)cc1COc1cc(C)ccc1[N+](=O)[O-]. The smallest absolute Gasteiger partial charge is 0.387 e. The Kier molecular flexibility index (Phi) is 8.56. The van der Waals surface area contributed by atoms with Crippen LogP contribution in [0, 0.1) is 17.0 Å². The van der Waals surface area contributed by atoms with E-state index < -0.39 is 11.5 Å². The number of ether oxygens (including phenoxy) is 4. The van der Waals surface area contributed by atoms with Crippen LogP contribution in [0.2, 0.25) is 0 Å². The maximum Gasteiger partial charge on any atom is 0.387 e. The van der Waals surface area contributed by atoms with Gasteiger partial charge in [-0.15, -0.1) is 0 Å². The summed E-state index contributed by atoms with van der Waals surface area (Å²) in [5.41, 5.74) is 2.13. The van der Waals surface area contributed by atoms with Gasteiger partial charge in [0.15, 0.2) is 23.0 Å². The van der Waals surface area contributed by atoms with Crippen molar-refractivity contribution in [2.75, 3.05) is 14.2 Å². The first-order valence-electron chi connectivity index (χ1n) is 10.6. The molecule has 3 aromatic rings. The molecule has 0 bridgehead atoms. The topological polar surface area (TPSA) is 97.1 Å². The molecule has 0 aliphatic rings. The van der Waals surface area contributed by atoms with Crippen molar-refractivity contribution < 1.29 is 37.4 Å². The van der Waals surface area contributed by atoms with Crippen molar-refractivity contribution in [2.24, 2.45) is 0 Å². The van der Waals surface area contributed by atoms with Crippen LogP contribution in [0.5, 0.6) is 23.0 Å². The molecule has 0 aliphatic carbocycles. The second kappa shape index (κ2) is 11.8. The average molecular weight is 499 g/mol. The molecular weight excluding hydrogens is 476 g/mol. The maximum atomic E-state index is 12.6. The number of nitro benzene ring substituents is 1. The van der Waals surface area contributed by atoms with E-state index in [1.54, 1.807) is 43.3 Å². The minimum Gasteiger partial charge on any atom is -0.496 e. The van der Waals surface area contributed by atoms with E-state index in [9.17, 15) is 23.7 Å². The number of aryl methyl sites for hydroxylation is 1. The average Bonchev–Trinajstić information content (AvgIpc) is 2.85. The molecule has 0 unspecified atom stereocenters. The first-order valence-corrected chi connectivity index (χ1v) is 10.6. The monoisotopic (exact) mass is 499 g/mol. The van der Waals surface area contributed by atoms with Crippen molar-refractivity contribution in [3.05, 3.63) is 93.0 Å². The maximum absolute atomic E-state index is 12.6. The highest BCUT2D eigenvalue weighted by atomic mass is 19.3. The molecule has 0 saturated carbocycles. The summed E-state index contributed by atoms with van der Waals surface area (Å²) in [4.78, 5) is 23.4. The molecule has 0 amide bonds. The van der Waals surface area contributed by atoms with Gasteiger partial charge in [0.2, 0.25) is 0 Å². The Morgan fingerprint density at radius 2 is 1.69 bits per heavy atom. The summed E-state index contributed by atoms with van der Waals surface area (Å²) in [6, 6.07) is 13.6. The van der Waals surface area contributed by atoms with Gasteiger partial charge in [0.25, 0.3) is 0 Å². The number of nitrogens with zero attached hydrogens (tertiary/aromatic N) is 1. The second-order valence-corrected chi connectivity index (χ2v) is 7.53. The number of carbonyl (C=O) groups is 1. The quantitative estimate of drug-likeness (QED) is 0.138. The Morgan fingerprint density at radius 1 is 0.972 bits per heavy atom. The van der Waals surface area contributed by atoms with Gasteiger partial charge >= 0.3 is 12.3 Å². The minimum absolute atomic E-state index is 0.00340. The highest BCUT2D eigenvalue weighted by molar-refractivity contribution is 6.07. The largest absolute Gasteiger partial charge is 0.496 e. The fraction of sp³-hybridized carbons (Fsp3) is 0.192. The van der Waals surface area contributed by atoms with Crippen LogP contribution in [0.3, 0.4) is 0 Å². The Bertz CT molecular complexity index is 1290. The number of alkyl halides is 2. The number of halogens is 2. The lowest BCUT2D eigenvalue weighted by molar-refractivity contribution is -0.386. The fourth-order valence-corrected chi connectivity index (χ4v) is 3.34. The van der Waals surface area contributed by atoms with Crippen LogP contribution in [0.15, 0.2) is 60.7 Å². The van der Waals surface area contributed by atoms with E-state index in [1.165, 1.54) is 44.6 Å². The molecule has 0 atom stereocenters. The summed E-state index contributed by atoms with van der Waals surface area (Å²) in [5.74, 6) is 0.0748. The number of rotatable bonds is 11. The van der Waals surface area contributed by atoms with Crippen LogP contribution in [-0.4, -0.2) is 31.5 Å². The molecule has 0 saturated heterocycles. The zero-order valence-corrected chi connectivity index (χ0v) is 19.7. The number of nitro groups is 1. The van der Waals surface area contributed by atoms with Crippen molar-refractivity contribution in [3.8, 4) is 23.0 Å². The molecule has 188 valence electrons. The summed E-state index contributed by atoms with van der Waals surface area (Å²) >= 11 is 0. The van der Waals surface area contributed by atoms with Crippen molar-refractivity contribution in [3.63, 3.8) is 0 Å². The van der Waals surface area contributed by atoms with Gasteiger partial charge in [-0.3, -0.25) is 14.9 Å². The second-order valence-electron chi connectivity index (χ2n) is 7.53. The fourth-order valence-electron chi connectivity index (χ4n) is 3.34. The number of carbonyl (C=O) groups excluding carboxylic acids is 1. The molecule has 0 spiro atoms. The summed E-state index contributed by atoms with van der Waals surface area (Å²) in [6.45, 7) is -1.23. The number of ketones is 1. The summed E-state index contributed by atoms with van der Waals surface area (Å²) < 4.78 is 45.5. The molecule has 0 heterocycles. The summed E-state index contributed by atoms with van der Waals surface area (Å²) in [6.07, 6.45) is 2.89. The zero-order chi connectivity index (χ0) is 26.2. The highest BCUT2D eigenvalue weighted by Crippen LogP contribution is 2.31. The van der Waals surface area contributed by atoms with Crippen LogP contribution >= 0.6 is 0 Å². The lowest BCUT2D eigenvalue weighted by atomic mass is 10.1. The van der Waals surface area contributed by atoms with Crippen molar-refractivity contribution in [1.29, 1.82) is 0 Å². The molecule has 0 N–H and O–H groups in total. The van der Waals surface area contributed by atoms with E-state index in [-0.39, 0.29) is 40.9 Å².